The zero-order valence-electron chi connectivity index (χ0n) is 16.5. The molecule has 30 heavy (non-hydrogen) atoms. The summed E-state index contributed by atoms with van der Waals surface area (Å²) >= 11 is 3.49. The maximum Gasteiger partial charge on any atom is 0.260 e. The zero-order chi connectivity index (χ0) is 20.5. The molecule has 1 aliphatic rings. The first-order valence-electron chi connectivity index (χ1n) is 10.2. The number of ether oxygens (including phenoxy) is 1. The van der Waals surface area contributed by atoms with Gasteiger partial charge in [-0.25, -0.2) is 4.98 Å². The van der Waals surface area contributed by atoms with E-state index in [0.717, 1.165) is 52.6 Å². The first-order chi connectivity index (χ1) is 14.7. The molecule has 2 aromatic heterocycles. The molecule has 3 heterocycles. The number of aromatic nitrogens is 2. The van der Waals surface area contributed by atoms with Gasteiger partial charge in [0.1, 0.15) is 11.4 Å². The third-order valence-electron chi connectivity index (χ3n) is 5.91. The Balaban J connectivity index is 1.18. The summed E-state index contributed by atoms with van der Waals surface area (Å²) in [6, 6.07) is 16.1. The molecule has 5 rings (SSSR count). The van der Waals surface area contributed by atoms with Crippen LogP contribution in [0.15, 0.2) is 65.4 Å². The maximum absolute atomic E-state index is 12.7. The van der Waals surface area contributed by atoms with Gasteiger partial charge < -0.3 is 14.6 Å². The van der Waals surface area contributed by atoms with Gasteiger partial charge in [-0.15, -0.1) is 0 Å². The number of carbonyl (C=O) groups is 1. The van der Waals surface area contributed by atoms with Gasteiger partial charge >= 0.3 is 0 Å². The van der Waals surface area contributed by atoms with E-state index in [0.29, 0.717) is 5.92 Å². The molecule has 1 aliphatic heterocycles. The quantitative estimate of drug-likeness (QED) is 0.448. The van der Waals surface area contributed by atoms with Gasteiger partial charge in [0.2, 0.25) is 0 Å². The molecular formula is C24H22BrN3O2. The molecule has 0 radical (unpaired) electrons. The number of likely N-dealkylation sites (tertiary alicyclic amines) is 1. The minimum Gasteiger partial charge on any atom is -0.484 e. The number of H-pyrrole nitrogens is 1. The number of amides is 1. The average molecular weight is 464 g/mol. The highest BCUT2D eigenvalue weighted by molar-refractivity contribution is 9.10. The molecule has 152 valence electrons. The van der Waals surface area contributed by atoms with Gasteiger partial charge in [-0.1, -0.05) is 28.1 Å². The highest BCUT2D eigenvalue weighted by Crippen LogP contribution is 2.32. The molecule has 6 heteroatoms. The van der Waals surface area contributed by atoms with Gasteiger partial charge in [-0.05, 0) is 71.5 Å². The van der Waals surface area contributed by atoms with E-state index in [1.165, 1.54) is 10.9 Å². The van der Waals surface area contributed by atoms with Gasteiger partial charge in [-0.3, -0.25) is 4.79 Å². The van der Waals surface area contributed by atoms with Gasteiger partial charge in [0.25, 0.3) is 5.91 Å². The number of hydrogen-bond donors (Lipinski definition) is 1. The Kier molecular flexibility index (Phi) is 5.17. The van der Waals surface area contributed by atoms with Crippen molar-refractivity contribution >= 4 is 43.6 Å². The second-order valence-corrected chi connectivity index (χ2v) is 8.66. The van der Waals surface area contributed by atoms with Gasteiger partial charge in [0.15, 0.2) is 6.61 Å². The molecule has 0 saturated carbocycles. The second-order valence-electron chi connectivity index (χ2n) is 7.74. The monoisotopic (exact) mass is 463 g/mol. The SMILES string of the molecule is O=C(COc1ccc2cc(Br)ccc2c1)N1CCC(c2c[nH]c3ncccc23)CC1. The fraction of sp³-hybridized carbons (Fsp3) is 0.250. The minimum atomic E-state index is 0.0462. The highest BCUT2D eigenvalue weighted by Gasteiger charge is 2.25. The lowest BCUT2D eigenvalue weighted by Gasteiger charge is -2.32. The van der Waals surface area contributed by atoms with Crippen LogP contribution in [-0.4, -0.2) is 40.5 Å². The van der Waals surface area contributed by atoms with E-state index in [4.69, 9.17) is 4.74 Å². The molecule has 0 unspecified atom stereocenters. The van der Waals surface area contributed by atoms with E-state index in [1.54, 1.807) is 6.20 Å². The molecule has 1 saturated heterocycles. The molecule has 0 aliphatic carbocycles. The Morgan fingerprint density at radius 2 is 1.93 bits per heavy atom. The number of pyridine rings is 1. The van der Waals surface area contributed by atoms with Crippen LogP contribution in [0, 0.1) is 0 Å². The summed E-state index contributed by atoms with van der Waals surface area (Å²) in [7, 11) is 0. The number of rotatable bonds is 4. The first kappa shape index (κ1) is 19.1. The summed E-state index contributed by atoms with van der Waals surface area (Å²) in [5, 5.41) is 3.42. The van der Waals surface area contributed by atoms with E-state index in [9.17, 15) is 4.79 Å². The van der Waals surface area contributed by atoms with Crippen LogP contribution in [0.1, 0.15) is 24.3 Å². The molecule has 2 aromatic carbocycles. The van der Waals surface area contributed by atoms with Crippen LogP contribution >= 0.6 is 15.9 Å². The van der Waals surface area contributed by atoms with Crippen LogP contribution in [0.4, 0.5) is 0 Å². The lowest BCUT2D eigenvalue weighted by Crippen LogP contribution is -2.40. The number of hydrogen-bond acceptors (Lipinski definition) is 3. The average Bonchev–Trinajstić information content (AvgIpc) is 3.22. The lowest BCUT2D eigenvalue weighted by molar-refractivity contribution is -0.134. The number of benzene rings is 2. The van der Waals surface area contributed by atoms with E-state index < -0.39 is 0 Å². The van der Waals surface area contributed by atoms with Crippen molar-refractivity contribution in [1.82, 2.24) is 14.9 Å². The van der Waals surface area contributed by atoms with Gasteiger partial charge in [0.05, 0.1) is 0 Å². The number of halogens is 1. The van der Waals surface area contributed by atoms with Crippen LogP contribution in [0.5, 0.6) is 5.75 Å². The molecule has 1 fully saturated rings. The summed E-state index contributed by atoms with van der Waals surface area (Å²) in [5.41, 5.74) is 2.24. The maximum atomic E-state index is 12.7. The summed E-state index contributed by atoms with van der Waals surface area (Å²) in [6.07, 6.45) is 5.79. The molecule has 0 atom stereocenters. The number of aromatic amines is 1. The lowest BCUT2D eigenvalue weighted by atomic mass is 9.89. The van der Waals surface area contributed by atoms with Crippen molar-refractivity contribution in [3.8, 4) is 5.75 Å². The van der Waals surface area contributed by atoms with E-state index in [1.807, 2.05) is 41.3 Å². The molecule has 0 bridgehead atoms. The number of nitrogens with one attached hydrogen (secondary N) is 1. The van der Waals surface area contributed by atoms with Crippen LogP contribution in [0.2, 0.25) is 0 Å². The Bertz CT molecular complexity index is 1210. The second kappa shape index (κ2) is 8.11. The Morgan fingerprint density at radius 1 is 1.13 bits per heavy atom. The van der Waals surface area contributed by atoms with Crippen molar-refractivity contribution in [3.05, 3.63) is 71.0 Å². The third kappa shape index (κ3) is 3.79. The Labute approximate surface area is 183 Å². The van der Waals surface area contributed by atoms with Crippen molar-refractivity contribution in [2.45, 2.75) is 18.8 Å². The van der Waals surface area contributed by atoms with Crippen LogP contribution in [0.3, 0.4) is 0 Å². The van der Waals surface area contributed by atoms with Crippen molar-refractivity contribution < 1.29 is 9.53 Å². The number of nitrogens with zero attached hydrogens (tertiary/aromatic N) is 2. The minimum absolute atomic E-state index is 0.0462. The smallest absolute Gasteiger partial charge is 0.260 e. The zero-order valence-corrected chi connectivity index (χ0v) is 18.1. The number of piperidine rings is 1. The van der Waals surface area contributed by atoms with E-state index >= 15 is 0 Å². The molecule has 1 amide bonds. The predicted octanol–water partition coefficient (Wildman–Crippen LogP) is 5.26. The van der Waals surface area contributed by atoms with E-state index in [-0.39, 0.29) is 12.5 Å². The van der Waals surface area contributed by atoms with Crippen LogP contribution in [0.25, 0.3) is 21.8 Å². The molecule has 1 N–H and O–H groups in total. The molecule has 0 spiro atoms. The normalized spacial score (nSPS) is 15.0. The standard InChI is InChI=1S/C24H22BrN3O2/c25-19-5-3-18-13-20(6-4-17(18)12-19)30-15-23(29)28-10-7-16(8-11-28)22-14-27-24-21(22)2-1-9-26-24/h1-6,9,12-14,16H,7-8,10-11,15H2,(H,26,27). The molecule has 5 nitrogen and oxygen atoms in total. The van der Waals surface area contributed by atoms with Crippen LogP contribution < -0.4 is 4.74 Å². The fourth-order valence-electron chi connectivity index (χ4n) is 4.28. The largest absolute Gasteiger partial charge is 0.484 e. The van der Waals surface area contributed by atoms with Crippen LogP contribution in [-0.2, 0) is 4.79 Å². The van der Waals surface area contributed by atoms with Crippen molar-refractivity contribution in [2.24, 2.45) is 0 Å². The topological polar surface area (TPSA) is 58.2 Å². The number of fused-ring (bicyclic) bond motifs is 2. The van der Waals surface area contributed by atoms with Gasteiger partial charge in [-0.2, -0.15) is 0 Å². The predicted molar refractivity (Wildman–Crippen MR) is 122 cm³/mol. The number of carbonyl (C=O) groups excluding carboxylic acids is 1. The summed E-state index contributed by atoms with van der Waals surface area (Å²) in [5.74, 6) is 1.22. The van der Waals surface area contributed by atoms with Crippen molar-refractivity contribution in [1.29, 1.82) is 0 Å². The summed E-state index contributed by atoms with van der Waals surface area (Å²) < 4.78 is 6.85. The highest BCUT2D eigenvalue weighted by atomic mass is 79.9. The molecular weight excluding hydrogens is 442 g/mol. The fourth-order valence-corrected chi connectivity index (χ4v) is 4.65. The molecule has 4 aromatic rings. The Morgan fingerprint density at radius 3 is 2.80 bits per heavy atom. The summed E-state index contributed by atoms with van der Waals surface area (Å²) in [4.78, 5) is 22.2. The summed E-state index contributed by atoms with van der Waals surface area (Å²) in [6.45, 7) is 1.58. The van der Waals surface area contributed by atoms with Gasteiger partial charge in [0, 0.05) is 35.3 Å². The van der Waals surface area contributed by atoms with Crippen molar-refractivity contribution in [3.63, 3.8) is 0 Å². The van der Waals surface area contributed by atoms with E-state index in [2.05, 4.69) is 44.2 Å². The Hall–Kier alpha value is -2.86. The third-order valence-corrected chi connectivity index (χ3v) is 6.40. The first-order valence-corrected chi connectivity index (χ1v) is 11.0. The van der Waals surface area contributed by atoms with Crippen molar-refractivity contribution in [2.75, 3.05) is 19.7 Å².